The largest absolute Gasteiger partial charge is 0.495 e. The van der Waals surface area contributed by atoms with Gasteiger partial charge < -0.3 is 14.6 Å². The second-order valence-electron chi connectivity index (χ2n) is 3.98. The summed E-state index contributed by atoms with van der Waals surface area (Å²) in [6, 6.07) is 7.55. The first-order chi connectivity index (χ1) is 9.22. The zero-order valence-corrected chi connectivity index (χ0v) is 10.8. The number of aryl methyl sites for hydroxylation is 1. The Balaban J connectivity index is 1.94. The zero-order valence-electron chi connectivity index (χ0n) is 10.8. The summed E-state index contributed by atoms with van der Waals surface area (Å²) in [7, 11) is 1.55. The third-order valence-electron chi connectivity index (χ3n) is 2.57. The molecule has 19 heavy (non-hydrogen) atoms. The van der Waals surface area contributed by atoms with Crippen LogP contribution in [-0.4, -0.2) is 17.3 Å². The van der Waals surface area contributed by atoms with Gasteiger partial charge in [-0.3, -0.25) is 0 Å². The van der Waals surface area contributed by atoms with Crippen LogP contribution in [0.2, 0.25) is 0 Å². The minimum Gasteiger partial charge on any atom is -0.495 e. The van der Waals surface area contributed by atoms with Crippen molar-refractivity contribution in [3.05, 3.63) is 41.0 Å². The predicted molar refractivity (Wildman–Crippen MR) is 67.3 cm³/mol. The Labute approximate surface area is 111 Å². The molecule has 0 spiro atoms. The molecule has 2 rings (SSSR count). The standard InChI is InChI=1S/C13H14N4O2/c1-9-16-13(17-19-9)8-15-7-10-3-4-11(6-14)12(5-10)18-2/h3-5,15H,7-8H2,1-2H3. The van der Waals surface area contributed by atoms with Gasteiger partial charge in [0.1, 0.15) is 11.8 Å². The third-order valence-corrected chi connectivity index (χ3v) is 2.57. The van der Waals surface area contributed by atoms with Crippen LogP contribution in [0.25, 0.3) is 0 Å². The van der Waals surface area contributed by atoms with E-state index >= 15 is 0 Å². The molecule has 0 atom stereocenters. The molecule has 0 aliphatic rings. The summed E-state index contributed by atoms with van der Waals surface area (Å²) in [6.07, 6.45) is 0. The van der Waals surface area contributed by atoms with Gasteiger partial charge in [-0.1, -0.05) is 11.2 Å². The SMILES string of the molecule is COc1cc(CNCc2noc(C)n2)ccc1C#N. The Hall–Kier alpha value is -2.39. The quantitative estimate of drug-likeness (QED) is 0.875. The number of methoxy groups -OCH3 is 1. The molecule has 1 N–H and O–H groups in total. The fourth-order valence-corrected chi connectivity index (χ4v) is 1.67. The summed E-state index contributed by atoms with van der Waals surface area (Å²) in [5, 5.41) is 15.9. The Bertz CT molecular complexity index is 601. The molecule has 1 heterocycles. The number of rotatable bonds is 5. The van der Waals surface area contributed by atoms with Crippen molar-refractivity contribution in [3.8, 4) is 11.8 Å². The van der Waals surface area contributed by atoms with Crippen LogP contribution in [0.1, 0.15) is 22.8 Å². The highest BCUT2D eigenvalue weighted by atomic mass is 16.5. The first-order valence-electron chi connectivity index (χ1n) is 5.80. The van der Waals surface area contributed by atoms with E-state index in [1.165, 1.54) is 0 Å². The molecular formula is C13H14N4O2. The lowest BCUT2D eigenvalue weighted by molar-refractivity contribution is 0.385. The highest BCUT2D eigenvalue weighted by Crippen LogP contribution is 2.19. The lowest BCUT2D eigenvalue weighted by atomic mass is 10.1. The van der Waals surface area contributed by atoms with E-state index in [-0.39, 0.29) is 0 Å². The second kappa shape index (κ2) is 5.98. The molecule has 0 amide bonds. The van der Waals surface area contributed by atoms with Crippen LogP contribution in [0.3, 0.4) is 0 Å². The van der Waals surface area contributed by atoms with Crippen LogP contribution in [-0.2, 0) is 13.1 Å². The summed E-state index contributed by atoms with van der Waals surface area (Å²) in [5.74, 6) is 1.76. The molecule has 1 aromatic heterocycles. The van der Waals surface area contributed by atoms with Crippen molar-refractivity contribution in [2.24, 2.45) is 0 Å². The molecule has 1 aromatic carbocycles. The van der Waals surface area contributed by atoms with Gasteiger partial charge in [-0.25, -0.2) is 0 Å². The van der Waals surface area contributed by atoms with E-state index in [9.17, 15) is 0 Å². The number of nitrogens with zero attached hydrogens (tertiary/aromatic N) is 3. The van der Waals surface area contributed by atoms with Gasteiger partial charge in [-0.2, -0.15) is 10.2 Å². The van der Waals surface area contributed by atoms with Crippen LogP contribution < -0.4 is 10.1 Å². The summed E-state index contributed by atoms with van der Waals surface area (Å²) in [4.78, 5) is 4.09. The summed E-state index contributed by atoms with van der Waals surface area (Å²) in [5.41, 5.74) is 1.55. The molecule has 0 fully saturated rings. The molecule has 0 radical (unpaired) electrons. The smallest absolute Gasteiger partial charge is 0.223 e. The zero-order chi connectivity index (χ0) is 13.7. The molecule has 0 aliphatic carbocycles. The maximum atomic E-state index is 8.89. The minimum absolute atomic E-state index is 0.527. The average Bonchev–Trinajstić information content (AvgIpc) is 2.84. The van der Waals surface area contributed by atoms with Gasteiger partial charge in [0.15, 0.2) is 5.82 Å². The monoisotopic (exact) mass is 258 g/mol. The van der Waals surface area contributed by atoms with Gasteiger partial charge in [0.25, 0.3) is 0 Å². The molecular weight excluding hydrogens is 244 g/mol. The van der Waals surface area contributed by atoms with Crippen molar-refractivity contribution in [2.75, 3.05) is 7.11 Å². The lowest BCUT2D eigenvalue weighted by Gasteiger charge is -2.06. The van der Waals surface area contributed by atoms with Gasteiger partial charge in [-0.15, -0.1) is 0 Å². The highest BCUT2D eigenvalue weighted by Gasteiger charge is 2.05. The van der Waals surface area contributed by atoms with Gasteiger partial charge in [-0.05, 0) is 17.7 Å². The lowest BCUT2D eigenvalue weighted by Crippen LogP contribution is -2.13. The Morgan fingerprint density at radius 2 is 2.26 bits per heavy atom. The first kappa shape index (κ1) is 13.1. The van der Waals surface area contributed by atoms with Crippen molar-refractivity contribution >= 4 is 0 Å². The van der Waals surface area contributed by atoms with Gasteiger partial charge >= 0.3 is 0 Å². The van der Waals surface area contributed by atoms with Crippen molar-refractivity contribution in [3.63, 3.8) is 0 Å². The Morgan fingerprint density at radius 3 is 2.89 bits per heavy atom. The van der Waals surface area contributed by atoms with Gasteiger partial charge in [0.05, 0.1) is 19.2 Å². The maximum Gasteiger partial charge on any atom is 0.223 e. The van der Waals surface area contributed by atoms with Crippen LogP contribution in [0.5, 0.6) is 5.75 Å². The van der Waals surface area contributed by atoms with Crippen LogP contribution in [0.4, 0.5) is 0 Å². The Kier molecular flexibility index (Phi) is 4.11. The fourth-order valence-electron chi connectivity index (χ4n) is 1.67. The number of benzene rings is 1. The fraction of sp³-hybridized carbons (Fsp3) is 0.308. The topological polar surface area (TPSA) is 84.0 Å². The molecule has 0 unspecified atom stereocenters. The molecule has 0 aliphatic heterocycles. The molecule has 0 bridgehead atoms. The van der Waals surface area contributed by atoms with E-state index < -0.39 is 0 Å². The number of hydrogen-bond acceptors (Lipinski definition) is 6. The van der Waals surface area contributed by atoms with Crippen molar-refractivity contribution in [2.45, 2.75) is 20.0 Å². The van der Waals surface area contributed by atoms with Crippen LogP contribution in [0, 0.1) is 18.3 Å². The second-order valence-corrected chi connectivity index (χ2v) is 3.98. The van der Waals surface area contributed by atoms with Gasteiger partial charge in [0.2, 0.25) is 5.89 Å². The van der Waals surface area contributed by atoms with E-state index in [0.29, 0.717) is 36.1 Å². The van der Waals surface area contributed by atoms with Crippen molar-refractivity contribution in [1.29, 1.82) is 5.26 Å². The third kappa shape index (κ3) is 3.30. The van der Waals surface area contributed by atoms with Crippen LogP contribution >= 0.6 is 0 Å². The first-order valence-corrected chi connectivity index (χ1v) is 5.80. The number of hydrogen-bond donors (Lipinski definition) is 1. The van der Waals surface area contributed by atoms with E-state index in [2.05, 4.69) is 21.5 Å². The van der Waals surface area contributed by atoms with E-state index in [4.69, 9.17) is 14.5 Å². The number of nitrogens with one attached hydrogen (secondary N) is 1. The van der Waals surface area contributed by atoms with Crippen molar-refractivity contribution in [1.82, 2.24) is 15.5 Å². The molecule has 6 nitrogen and oxygen atoms in total. The van der Waals surface area contributed by atoms with Gasteiger partial charge in [0, 0.05) is 13.5 Å². The minimum atomic E-state index is 0.527. The Morgan fingerprint density at radius 1 is 1.42 bits per heavy atom. The van der Waals surface area contributed by atoms with Crippen molar-refractivity contribution < 1.29 is 9.26 Å². The van der Waals surface area contributed by atoms with E-state index in [0.717, 1.165) is 5.56 Å². The predicted octanol–water partition coefficient (Wildman–Crippen LogP) is 1.55. The normalized spacial score (nSPS) is 10.2. The molecule has 98 valence electrons. The maximum absolute atomic E-state index is 8.89. The molecule has 0 saturated heterocycles. The number of aromatic nitrogens is 2. The summed E-state index contributed by atoms with van der Waals surface area (Å²) in [6.45, 7) is 2.91. The van der Waals surface area contributed by atoms with Crippen LogP contribution in [0.15, 0.2) is 22.7 Å². The van der Waals surface area contributed by atoms with E-state index in [1.54, 1.807) is 20.1 Å². The average molecular weight is 258 g/mol. The number of nitriles is 1. The number of ether oxygens (including phenoxy) is 1. The molecule has 0 saturated carbocycles. The summed E-state index contributed by atoms with van der Waals surface area (Å²) >= 11 is 0. The van der Waals surface area contributed by atoms with E-state index in [1.807, 2.05) is 12.1 Å². The molecule has 2 aromatic rings. The molecule has 6 heteroatoms. The highest BCUT2D eigenvalue weighted by molar-refractivity contribution is 5.45. The summed E-state index contributed by atoms with van der Waals surface area (Å²) < 4.78 is 10.0.